The Balaban J connectivity index is 1.66. The molecule has 4 aromatic rings. The molecular weight excluding hydrogens is 424 g/mol. The molecule has 0 radical (unpaired) electrons. The number of nitrogens with one attached hydrogen (secondary N) is 1. The van der Waals surface area contributed by atoms with Crippen LogP contribution in [-0.4, -0.2) is 26.3 Å². The van der Waals surface area contributed by atoms with E-state index < -0.39 is 11.9 Å². The van der Waals surface area contributed by atoms with E-state index in [0.717, 1.165) is 28.2 Å². The van der Waals surface area contributed by atoms with Crippen LogP contribution in [0.4, 0.5) is 0 Å². The summed E-state index contributed by atoms with van der Waals surface area (Å²) >= 11 is 1.09. The average molecular weight is 447 g/mol. The highest BCUT2D eigenvalue weighted by Gasteiger charge is 2.35. The molecule has 1 atom stereocenters. The molecule has 1 N–H and O–H groups in total. The van der Waals surface area contributed by atoms with E-state index in [1.807, 2.05) is 61.5 Å². The first kappa shape index (κ1) is 21.5. The summed E-state index contributed by atoms with van der Waals surface area (Å²) in [7, 11) is 0. The van der Waals surface area contributed by atoms with E-state index in [2.05, 4.69) is 14.9 Å². The fraction of sp³-hybridized carbons (Fsp3) is 0.167. The number of aryl methyl sites for hydroxylation is 1. The number of rotatable bonds is 8. The fourth-order valence-electron chi connectivity index (χ4n) is 3.33. The summed E-state index contributed by atoms with van der Waals surface area (Å²) in [6.07, 6.45) is 1.49. The number of furan rings is 1. The Bertz CT molecular complexity index is 1140. The number of nitrogens with zero attached hydrogens (tertiary/aromatic N) is 3. The molecule has 0 aliphatic rings. The van der Waals surface area contributed by atoms with Crippen molar-refractivity contribution in [2.75, 3.05) is 0 Å². The van der Waals surface area contributed by atoms with Gasteiger partial charge in [0.2, 0.25) is 0 Å². The minimum atomic E-state index is -0.968. The van der Waals surface area contributed by atoms with E-state index in [4.69, 9.17) is 4.42 Å². The third-order valence-corrected chi connectivity index (χ3v) is 5.50. The molecule has 2 amide bonds. The van der Waals surface area contributed by atoms with Crippen molar-refractivity contribution >= 4 is 23.3 Å². The molecule has 0 spiro atoms. The second-order valence-electron chi connectivity index (χ2n) is 7.33. The molecule has 4 rings (SSSR count). The van der Waals surface area contributed by atoms with Gasteiger partial charge in [-0.2, -0.15) is 0 Å². The summed E-state index contributed by atoms with van der Waals surface area (Å²) in [5.41, 5.74) is 3.15. The summed E-state index contributed by atoms with van der Waals surface area (Å²) in [6.45, 7) is 2.54. The van der Waals surface area contributed by atoms with Crippen molar-refractivity contribution in [3.8, 4) is 0 Å². The Labute approximate surface area is 189 Å². The van der Waals surface area contributed by atoms with Crippen molar-refractivity contribution in [3.63, 3.8) is 0 Å². The van der Waals surface area contributed by atoms with Crippen LogP contribution in [0.2, 0.25) is 0 Å². The van der Waals surface area contributed by atoms with Gasteiger partial charge in [-0.05, 0) is 41.7 Å². The second-order valence-corrected chi connectivity index (χ2v) is 7.94. The van der Waals surface area contributed by atoms with Crippen molar-refractivity contribution in [2.45, 2.75) is 26.1 Å². The highest BCUT2D eigenvalue weighted by Crippen LogP contribution is 2.26. The van der Waals surface area contributed by atoms with Crippen LogP contribution in [0.1, 0.15) is 39.0 Å². The first-order valence-corrected chi connectivity index (χ1v) is 10.9. The third kappa shape index (κ3) is 5.09. The largest absolute Gasteiger partial charge is 0.467 e. The molecule has 0 fully saturated rings. The molecule has 0 aliphatic heterocycles. The van der Waals surface area contributed by atoms with Gasteiger partial charge in [0.1, 0.15) is 5.76 Å². The molecule has 162 valence electrons. The minimum absolute atomic E-state index is 0.189. The van der Waals surface area contributed by atoms with Crippen molar-refractivity contribution < 1.29 is 14.0 Å². The van der Waals surface area contributed by atoms with E-state index in [0.29, 0.717) is 12.3 Å². The number of aromatic nitrogens is 2. The van der Waals surface area contributed by atoms with Gasteiger partial charge in [-0.25, -0.2) is 0 Å². The number of hydrogen-bond donors (Lipinski definition) is 1. The van der Waals surface area contributed by atoms with Gasteiger partial charge < -0.3 is 14.6 Å². The molecule has 2 aromatic heterocycles. The molecule has 0 aliphatic carbocycles. The van der Waals surface area contributed by atoms with Crippen LogP contribution in [0, 0.1) is 6.92 Å². The van der Waals surface area contributed by atoms with E-state index in [-0.39, 0.29) is 18.1 Å². The van der Waals surface area contributed by atoms with Crippen LogP contribution in [0.3, 0.4) is 0 Å². The quantitative estimate of drug-likeness (QED) is 0.439. The molecule has 8 heteroatoms. The van der Waals surface area contributed by atoms with Crippen molar-refractivity contribution in [3.05, 3.63) is 107 Å². The normalized spacial score (nSPS) is 11.7. The number of benzene rings is 2. The molecule has 7 nitrogen and oxygen atoms in total. The Morgan fingerprint density at radius 2 is 1.81 bits per heavy atom. The Hall–Kier alpha value is -3.78. The molecule has 0 saturated heterocycles. The van der Waals surface area contributed by atoms with Crippen molar-refractivity contribution in [1.29, 1.82) is 0 Å². The van der Waals surface area contributed by atoms with Crippen LogP contribution in [0.25, 0.3) is 0 Å². The van der Waals surface area contributed by atoms with Gasteiger partial charge in [-0.3, -0.25) is 9.59 Å². The van der Waals surface area contributed by atoms with Crippen LogP contribution in [0.15, 0.2) is 82.8 Å². The highest BCUT2D eigenvalue weighted by atomic mass is 32.1. The summed E-state index contributed by atoms with van der Waals surface area (Å²) in [6, 6.07) is 19.8. The Morgan fingerprint density at radius 3 is 2.47 bits per heavy atom. The van der Waals surface area contributed by atoms with Crippen molar-refractivity contribution in [1.82, 2.24) is 19.8 Å². The Morgan fingerprint density at radius 1 is 1.03 bits per heavy atom. The maximum Gasteiger partial charge on any atom is 0.276 e. The van der Waals surface area contributed by atoms with E-state index in [1.165, 1.54) is 11.2 Å². The van der Waals surface area contributed by atoms with Crippen LogP contribution >= 0.6 is 11.5 Å². The van der Waals surface area contributed by atoms with Gasteiger partial charge in [0.25, 0.3) is 11.8 Å². The number of carbonyl (C=O) groups is 2. The van der Waals surface area contributed by atoms with E-state index in [1.54, 1.807) is 17.5 Å². The van der Waals surface area contributed by atoms with Crippen LogP contribution in [-0.2, 0) is 17.9 Å². The molecule has 0 bridgehead atoms. The minimum Gasteiger partial charge on any atom is -0.467 e. The molecule has 32 heavy (non-hydrogen) atoms. The molecule has 2 heterocycles. The maximum atomic E-state index is 13.4. The van der Waals surface area contributed by atoms with E-state index in [9.17, 15) is 9.59 Å². The lowest BCUT2D eigenvalue weighted by molar-refractivity contribution is -0.126. The zero-order valence-electron chi connectivity index (χ0n) is 17.5. The Kier molecular flexibility index (Phi) is 6.72. The highest BCUT2D eigenvalue weighted by molar-refractivity contribution is 7.03. The van der Waals surface area contributed by atoms with Gasteiger partial charge in [-0.1, -0.05) is 64.6 Å². The first-order chi connectivity index (χ1) is 15.6. The van der Waals surface area contributed by atoms with Gasteiger partial charge >= 0.3 is 0 Å². The second kappa shape index (κ2) is 10.0. The summed E-state index contributed by atoms with van der Waals surface area (Å²) in [4.78, 5) is 28.3. The van der Waals surface area contributed by atoms with Gasteiger partial charge in [-0.15, -0.1) is 5.10 Å². The van der Waals surface area contributed by atoms with Gasteiger partial charge in [0.15, 0.2) is 11.7 Å². The first-order valence-electron chi connectivity index (χ1n) is 10.1. The monoisotopic (exact) mass is 446 g/mol. The van der Waals surface area contributed by atoms with Crippen LogP contribution < -0.4 is 5.32 Å². The summed E-state index contributed by atoms with van der Waals surface area (Å²) < 4.78 is 9.39. The molecule has 0 saturated carbocycles. The molecule has 1 unspecified atom stereocenters. The fourth-order valence-corrected chi connectivity index (χ4v) is 3.76. The number of hydrogen-bond acceptors (Lipinski definition) is 6. The molecular formula is C24H22N4O3S. The standard InChI is InChI=1S/C24H22N4O3S/c1-17-9-11-19(12-10-17)15-28(24(30)20-16-32-27-26-20)22(21-8-5-13-31-21)23(29)25-14-18-6-3-2-4-7-18/h2-13,16,22H,14-15H2,1H3,(H,25,29). The third-order valence-electron chi connectivity index (χ3n) is 5.00. The predicted octanol–water partition coefficient (Wildman–Crippen LogP) is 4.14. The summed E-state index contributed by atoms with van der Waals surface area (Å²) in [5, 5.41) is 8.44. The average Bonchev–Trinajstić information content (AvgIpc) is 3.54. The lowest BCUT2D eigenvalue weighted by atomic mass is 10.1. The summed E-state index contributed by atoms with van der Waals surface area (Å²) in [5.74, 6) is -0.359. The number of carbonyl (C=O) groups excluding carboxylic acids is 2. The van der Waals surface area contributed by atoms with Gasteiger partial charge in [0, 0.05) is 18.5 Å². The SMILES string of the molecule is Cc1ccc(CN(C(=O)c2csnn2)C(C(=O)NCc2ccccc2)c2ccco2)cc1. The zero-order chi connectivity index (χ0) is 22.3. The smallest absolute Gasteiger partial charge is 0.276 e. The molecule has 2 aromatic carbocycles. The number of amides is 2. The maximum absolute atomic E-state index is 13.4. The van der Waals surface area contributed by atoms with Crippen LogP contribution in [0.5, 0.6) is 0 Å². The van der Waals surface area contributed by atoms with Crippen molar-refractivity contribution in [2.24, 2.45) is 0 Å². The predicted molar refractivity (Wildman–Crippen MR) is 121 cm³/mol. The lowest BCUT2D eigenvalue weighted by Crippen LogP contribution is -2.43. The zero-order valence-corrected chi connectivity index (χ0v) is 18.3. The van der Waals surface area contributed by atoms with E-state index >= 15 is 0 Å². The topological polar surface area (TPSA) is 88.3 Å². The van der Waals surface area contributed by atoms with Gasteiger partial charge in [0.05, 0.1) is 6.26 Å². The lowest BCUT2D eigenvalue weighted by Gasteiger charge is -2.29.